The SMILES string of the molecule is CCc1nnc(C)cc1C(=O)Nc1ccccc1C(=O)O. The smallest absolute Gasteiger partial charge is 0.337 e. The van der Waals surface area contributed by atoms with Crippen LogP contribution in [0.15, 0.2) is 30.3 Å². The number of carbonyl (C=O) groups is 2. The lowest BCUT2D eigenvalue weighted by Gasteiger charge is -2.10. The number of carbonyl (C=O) groups excluding carboxylic acids is 1. The number of hydrogen-bond acceptors (Lipinski definition) is 4. The minimum absolute atomic E-state index is 0.0441. The molecule has 0 saturated carbocycles. The summed E-state index contributed by atoms with van der Waals surface area (Å²) in [4.78, 5) is 23.5. The van der Waals surface area contributed by atoms with Crippen molar-refractivity contribution in [2.75, 3.05) is 5.32 Å². The fourth-order valence-electron chi connectivity index (χ4n) is 1.94. The molecule has 0 aliphatic carbocycles. The van der Waals surface area contributed by atoms with Gasteiger partial charge in [0.05, 0.1) is 28.2 Å². The highest BCUT2D eigenvalue weighted by molar-refractivity contribution is 6.08. The van der Waals surface area contributed by atoms with E-state index in [0.29, 0.717) is 23.4 Å². The van der Waals surface area contributed by atoms with Gasteiger partial charge in [-0.3, -0.25) is 4.79 Å². The number of aryl methyl sites for hydroxylation is 2. The van der Waals surface area contributed by atoms with Crippen molar-refractivity contribution in [2.45, 2.75) is 20.3 Å². The Morgan fingerprint density at radius 3 is 2.57 bits per heavy atom. The molecule has 0 spiro atoms. The second-order valence-electron chi connectivity index (χ2n) is 4.50. The molecule has 2 N–H and O–H groups in total. The van der Waals surface area contributed by atoms with E-state index in [9.17, 15) is 9.59 Å². The fraction of sp³-hybridized carbons (Fsp3) is 0.200. The first kappa shape index (κ1) is 14.6. The summed E-state index contributed by atoms with van der Waals surface area (Å²) in [6, 6.07) is 7.90. The Hall–Kier alpha value is -2.76. The summed E-state index contributed by atoms with van der Waals surface area (Å²) < 4.78 is 0. The Morgan fingerprint density at radius 2 is 1.90 bits per heavy atom. The third-order valence-corrected chi connectivity index (χ3v) is 2.98. The summed E-state index contributed by atoms with van der Waals surface area (Å²) >= 11 is 0. The zero-order valence-corrected chi connectivity index (χ0v) is 11.8. The van der Waals surface area contributed by atoms with Gasteiger partial charge in [0.2, 0.25) is 0 Å². The van der Waals surface area contributed by atoms with Crippen LogP contribution in [0, 0.1) is 6.92 Å². The van der Waals surface area contributed by atoms with Crippen LogP contribution in [0.4, 0.5) is 5.69 Å². The number of hydrogen-bond donors (Lipinski definition) is 2. The first-order valence-corrected chi connectivity index (χ1v) is 6.49. The Morgan fingerprint density at radius 1 is 1.19 bits per heavy atom. The molecule has 1 aromatic carbocycles. The first-order valence-electron chi connectivity index (χ1n) is 6.49. The van der Waals surface area contributed by atoms with Crippen LogP contribution >= 0.6 is 0 Å². The molecule has 0 fully saturated rings. The average Bonchev–Trinajstić information content (AvgIpc) is 2.47. The Bertz CT molecular complexity index is 698. The molecular weight excluding hydrogens is 270 g/mol. The van der Waals surface area contributed by atoms with E-state index in [1.807, 2.05) is 6.92 Å². The maximum Gasteiger partial charge on any atom is 0.337 e. The molecule has 6 nitrogen and oxygen atoms in total. The monoisotopic (exact) mass is 285 g/mol. The zero-order chi connectivity index (χ0) is 15.4. The van der Waals surface area contributed by atoms with Gasteiger partial charge in [-0.25, -0.2) is 4.79 Å². The van der Waals surface area contributed by atoms with Gasteiger partial charge in [-0.05, 0) is 31.5 Å². The Kier molecular flexibility index (Phi) is 4.27. The average molecular weight is 285 g/mol. The van der Waals surface area contributed by atoms with Gasteiger partial charge in [-0.2, -0.15) is 10.2 Å². The lowest BCUT2D eigenvalue weighted by molar-refractivity contribution is 0.0698. The standard InChI is InChI=1S/C15H15N3O3/c1-3-12-11(8-9(2)17-18-12)14(19)16-13-7-5-4-6-10(13)15(20)21/h4-8H,3H2,1-2H3,(H,16,19)(H,20,21). The molecule has 1 aromatic heterocycles. The molecule has 0 aliphatic rings. The minimum atomic E-state index is -1.09. The van der Waals surface area contributed by atoms with E-state index in [-0.39, 0.29) is 11.3 Å². The van der Waals surface area contributed by atoms with E-state index in [1.165, 1.54) is 6.07 Å². The van der Waals surface area contributed by atoms with Crippen LogP contribution in [0.25, 0.3) is 0 Å². The summed E-state index contributed by atoms with van der Waals surface area (Å²) in [6.07, 6.45) is 0.566. The highest BCUT2D eigenvalue weighted by Crippen LogP contribution is 2.17. The van der Waals surface area contributed by atoms with Gasteiger partial charge in [-0.15, -0.1) is 0 Å². The molecule has 0 unspecified atom stereocenters. The number of nitrogens with zero attached hydrogens (tertiary/aromatic N) is 2. The molecule has 1 heterocycles. The van der Waals surface area contributed by atoms with Gasteiger partial charge >= 0.3 is 5.97 Å². The van der Waals surface area contributed by atoms with E-state index < -0.39 is 11.9 Å². The fourth-order valence-corrected chi connectivity index (χ4v) is 1.94. The third kappa shape index (κ3) is 3.22. The van der Waals surface area contributed by atoms with E-state index in [2.05, 4.69) is 15.5 Å². The lowest BCUT2D eigenvalue weighted by atomic mass is 10.1. The maximum absolute atomic E-state index is 12.3. The van der Waals surface area contributed by atoms with Gasteiger partial charge in [0.1, 0.15) is 0 Å². The predicted molar refractivity (Wildman–Crippen MR) is 77.5 cm³/mol. The van der Waals surface area contributed by atoms with Crippen LogP contribution < -0.4 is 5.32 Å². The van der Waals surface area contributed by atoms with Crippen molar-refractivity contribution in [1.82, 2.24) is 10.2 Å². The number of rotatable bonds is 4. The lowest BCUT2D eigenvalue weighted by Crippen LogP contribution is -2.18. The van der Waals surface area contributed by atoms with E-state index in [4.69, 9.17) is 5.11 Å². The van der Waals surface area contributed by atoms with Crippen molar-refractivity contribution in [3.8, 4) is 0 Å². The zero-order valence-electron chi connectivity index (χ0n) is 11.8. The number of carboxylic acids is 1. The van der Waals surface area contributed by atoms with Gasteiger partial charge < -0.3 is 10.4 Å². The van der Waals surface area contributed by atoms with Gasteiger partial charge in [0.25, 0.3) is 5.91 Å². The number of amides is 1. The van der Waals surface area contributed by atoms with Crippen LogP contribution in [0.3, 0.4) is 0 Å². The molecule has 1 amide bonds. The number of aromatic nitrogens is 2. The first-order chi connectivity index (χ1) is 10.0. The number of benzene rings is 1. The third-order valence-electron chi connectivity index (χ3n) is 2.98. The summed E-state index contributed by atoms with van der Waals surface area (Å²) in [7, 11) is 0. The molecule has 0 saturated heterocycles. The Labute approximate surface area is 121 Å². The number of nitrogens with one attached hydrogen (secondary N) is 1. The molecule has 21 heavy (non-hydrogen) atoms. The Balaban J connectivity index is 2.35. The minimum Gasteiger partial charge on any atom is -0.478 e. The molecule has 0 atom stereocenters. The maximum atomic E-state index is 12.3. The summed E-state index contributed by atoms with van der Waals surface area (Å²) in [6.45, 7) is 3.62. The van der Waals surface area contributed by atoms with Crippen molar-refractivity contribution in [1.29, 1.82) is 0 Å². The molecule has 0 aliphatic heterocycles. The van der Waals surface area contributed by atoms with Crippen LogP contribution in [0.5, 0.6) is 0 Å². The molecule has 0 bridgehead atoms. The molecule has 6 heteroatoms. The van der Waals surface area contributed by atoms with Crippen LogP contribution in [0.2, 0.25) is 0 Å². The van der Waals surface area contributed by atoms with Crippen LogP contribution in [-0.4, -0.2) is 27.2 Å². The number of carboxylic acid groups (broad SMARTS) is 1. The highest BCUT2D eigenvalue weighted by atomic mass is 16.4. The van der Waals surface area contributed by atoms with E-state index in [1.54, 1.807) is 31.2 Å². The van der Waals surface area contributed by atoms with Crippen molar-refractivity contribution in [3.63, 3.8) is 0 Å². The van der Waals surface area contributed by atoms with E-state index >= 15 is 0 Å². The quantitative estimate of drug-likeness (QED) is 0.899. The summed E-state index contributed by atoms with van der Waals surface area (Å²) in [5.41, 5.74) is 1.91. The van der Waals surface area contributed by atoms with Crippen molar-refractivity contribution >= 4 is 17.6 Å². The predicted octanol–water partition coefficient (Wildman–Crippen LogP) is 2.30. The molecule has 108 valence electrons. The summed E-state index contributed by atoms with van der Waals surface area (Å²) in [5, 5.41) is 19.7. The van der Waals surface area contributed by atoms with Gasteiger partial charge in [-0.1, -0.05) is 19.1 Å². The molecule has 2 aromatic rings. The normalized spacial score (nSPS) is 10.2. The number of para-hydroxylation sites is 1. The second-order valence-corrected chi connectivity index (χ2v) is 4.50. The van der Waals surface area contributed by atoms with Crippen molar-refractivity contribution in [2.24, 2.45) is 0 Å². The summed E-state index contributed by atoms with van der Waals surface area (Å²) in [5.74, 6) is -1.48. The second kappa shape index (κ2) is 6.13. The highest BCUT2D eigenvalue weighted by Gasteiger charge is 2.16. The topological polar surface area (TPSA) is 92.2 Å². The number of anilines is 1. The molecule has 2 rings (SSSR count). The van der Waals surface area contributed by atoms with E-state index in [0.717, 1.165) is 0 Å². The largest absolute Gasteiger partial charge is 0.478 e. The van der Waals surface area contributed by atoms with Crippen LogP contribution in [-0.2, 0) is 6.42 Å². The van der Waals surface area contributed by atoms with Crippen LogP contribution in [0.1, 0.15) is 39.0 Å². The van der Waals surface area contributed by atoms with Crippen molar-refractivity contribution in [3.05, 3.63) is 52.8 Å². The van der Waals surface area contributed by atoms with Gasteiger partial charge in [0.15, 0.2) is 0 Å². The number of aromatic carboxylic acids is 1. The molecule has 0 radical (unpaired) electrons. The van der Waals surface area contributed by atoms with Crippen molar-refractivity contribution < 1.29 is 14.7 Å². The molecular formula is C15H15N3O3. The van der Waals surface area contributed by atoms with Gasteiger partial charge in [0, 0.05) is 0 Å².